The zero-order valence-corrected chi connectivity index (χ0v) is 10.4. The fourth-order valence-electron chi connectivity index (χ4n) is 1.73. The lowest BCUT2D eigenvalue weighted by molar-refractivity contribution is -0.121. The predicted molar refractivity (Wildman–Crippen MR) is 64.5 cm³/mol. The van der Waals surface area contributed by atoms with E-state index in [1.807, 2.05) is 0 Å². The van der Waals surface area contributed by atoms with Gasteiger partial charge in [-0.05, 0) is 29.8 Å². The Kier molecular flexibility index (Phi) is 3.24. The van der Waals surface area contributed by atoms with Gasteiger partial charge in [0, 0.05) is 22.3 Å². The Morgan fingerprint density at radius 2 is 1.63 bits per heavy atom. The van der Waals surface area contributed by atoms with Gasteiger partial charge < -0.3 is 0 Å². The van der Waals surface area contributed by atoms with Crippen molar-refractivity contribution in [1.82, 2.24) is 0 Å². The highest BCUT2D eigenvalue weighted by atomic mass is 32.2. The second-order valence-corrected chi connectivity index (χ2v) is 5.35. The van der Waals surface area contributed by atoms with E-state index in [9.17, 15) is 18.0 Å². The number of amides is 2. The van der Waals surface area contributed by atoms with Gasteiger partial charge in [0.05, 0.1) is 10.6 Å². The van der Waals surface area contributed by atoms with Gasteiger partial charge in [-0.15, -0.1) is 0 Å². The third-order valence-corrected chi connectivity index (χ3v) is 3.74. The Hall–Kier alpha value is -2.38. The fraction of sp³-hybridized carbons (Fsp3) is 0.200. The summed E-state index contributed by atoms with van der Waals surface area (Å²) in [4.78, 5) is 26.0. The number of nitrogens with zero attached hydrogens (tertiary/aromatic N) is 4. The van der Waals surface area contributed by atoms with Crippen LogP contribution in [0, 0.1) is 0 Å². The molecule has 1 aromatic carbocycles. The second kappa shape index (κ2) is 4.71. The van der Waals surface area contributed by atoms with Crippen molar-refractivity contribution in [2.45, 2.75) is 17.7 Å². The van der Waals surface area contributed by atoms with Crippen LogP contribution < -0.4 is 4.90 Å². The van der Waals surface area contributed by atoms with E-state index in [1.54, 1.807) is 0 Å². The van der Waals surface area contributed by atoms with Crippen molar-refractivity contribution in [2.75, 3.05) is 4.90 Å². The van der Waals surface area contributed by atoms with Gasteiger partial charge >= 0.3 is 0 Å². The molecule has 0 unspecified atom stereocenters. The maximum absolute atomic E-state index is 11.5. The molecule has 0 atom stereocenters. The minimum Gasteiger partial charge on any atom is -0.274 e. The molecule has 98 valence electrons. The van der Waals surface area contributed by atoms with E-state index in [4.69, 9.17) is 5.53 Å². The Bertz CT molecular complexity index is 673. The molecule has 0 bridgehead atoms. The zero-order chi connectivity index (χ0) is 14.0. The van der Waals surface area contributed by atoms with Gasteiger partial charge in [0.25, 0.3) is 10.0 Å². The first-order valence-electron chi connectivity index (χ1n) is 5.23. The SMILES string of the molecule is [N-]=[N+]=NS(=O)(=O)c1ccc(N2C(=O)CCC2=O)cc1. The van der Waals surface area contributed by atoms with Crippen LogP contribution in [0.25, 0.3) is 10.4 Å². The van der Waals surface area contributed by atoms with Gasteiger partial charge in [-0.3, -0.25) is 14.5 Å². The molecule has 0 N–H and O–H groups in total. The smallest absolute Gasteiger partial charge is 0.264 e. The topological polar surface area (TPSA) is 120 Å². The summed E-state index contributed by atoms with van der Waals surface area (Å²) in [6.45, 7) is 0. The number of rotatable bonds is 3. The predicted octanol–water partition coefficient (Wildman–Crippen LogP) is 1.34. The highest BCUT2D eigenvalue weighted by molar-refractivity contribution is 7.90. The van der Waals surface area contributed by atoms with Gasteiger partial charge in [-0.1, -0.05) is 0 Å². The van der Waals surface area contributed by atoms with Crippen LogP contribution in [0.15, 0.2) is 33.7 Å². The van der Waals surface area contributed by atoms with Crippen molar-refractivity contribution in [3.8, 4) is 0 Å². The van der Waals surface area contributed by atoms with Crippen LogP contribution in [-0.4, -0.2) is 20.2 Å². The van der Waals surface area contributed by atoms with Gasteiger partial charge in [-0.2, -0.15) is 0 Å². The summed E-state index contributed by atoms with van der Waals surface area (Å²) >= 11 is 0. The number of carbonyl (C=O) groups is 2. The average molecular weight is 280 g/mol. The van der Waals surface area contributed by atoms with Crippen LogP contribution in [0.3, 0.4) is 0 Å². The normalized spacial score (nSPS) is 15.5. The van der Waals surface area contributed by atoms with Crippen molar-refractivity contribution in [1.29, 1.82) is 0 Å². The molecule has 8 nitrogen and oxygen atoms in total. The summed E-state index contributed by atoms with van der Waals surface area (Å²) in [6, 6.07) is 5.00. The Morgan fingerprint density at radius 1 is 1.11 bits per heavy atom. The third-order valence-electron chi connectivity index (χ3n) is 2.59. The third kappa shape index (κ3) is 2.42. The molecule has 1 saturated heterocycles. The minimum atomic E-state index is -4.06. The monoisotopic (exact) mass is 280 g/mol. The van der Waals surface area contributed by atoms with Crippen LogP contribution in [0.1, 0.15) is 12.8 Å². The standard InChI is InChI=1S/C10H8N4O4S/c11-12-13-19(17,18)8-3-1-7(2-4-8)14-9(15)5-6-10(14)16/h1-4H,5-6H2. The van der Waals surface area contributed by atoms with Crippen molar-refractivity contribution < 1.29 is 18.0 Å². The van der Waals surface area contributed by atoms with Gasteiger partial charge in [0.1, 0.15) is 0 Å². The summed E-state index contributed by atoms with van der Waals surface area (Å²) in [5.74, 6) is -0.647. The second-order valence-electron chi connectivity index (χ2n) is 3.76. The number of sulfonamides is 1. The van der Waals surface area contributed by atoms with E-state index in [0.717, 1.165) is 4.90 Å². The summed E-state index contributed by atoms with van der Waals surface area (Å²) in [5.41, 5.74) is 8.44. The number of hydrogen-bond donors (Lipinski definition) is 0. The number of hydrogen-bond acceptors (Lipinski definition) is 4. The van der Waals surface area contributed by atoms with Crippen molar-refractivity contribution >= 4 is 27.5 Å². The van der Waals surface area contributed by atoms with Crippen molar-refractivity contribution in [2.24, 2.45) is 4.52 Å². The molecule has 2 amide bonds. The molecule has 0 saturated carbocycles. The van der Waals surface area contributed by atoms with Gasteiger partial charge in [-0.25, -0.2) is 8.42 Å². The Morgan fingerprint density at radius 3 is 2.11 bits per heavy atom. The van der Waals surface area contributed by atoms with Crippen LogP contribution >= 0.6 is 0 Å². The number of anilines is 1. The number of benzene rings is 1. The molecule has 0 aromatic heterocycles. The lowest BCUT2D eigenvalue weighted by atomic mass is 10.3. The number of azide groups is 1. The van der Waals surface area contributed by atoms with Crippen molar-refractivity contribution in [3.05, 3.63) is 34.7 Å². The molecule has 0 aliphatic carbocycles. The first kappa shape index (κ1) is 13.1. The molecule has 19 heavy (non-hydrogen) atoms. The number of carbonyl (C=O) groups excluding carboxylic acids is 2. The van der Waals surface area contributed by atoms with E-state index in [-0.39, 0.29) is 29.6 Å². The van der Waals surface area contributed by atoms with E-state index >= 15 is 0 Å². The molecule has 1 aliphatic rings. The lowest BCUT2D eigenvalue weighted by Gasteiger charge is -2.13. The molecule has 1 aliphatic heterocycles. The van der Waals surface area contributed by atoms with Crippen LogP contribution in [0.5, 0.6) is 0 Å². The first-order chi connectivity index (χ1) is 8.95. The van der Waals surface area contributed by atoms with E-state index in [0.29, 0.717) is 5.69 Å². The van der Waals surface area contributed by atoms with Crippen molar-refractivity contribution in [3.63, 3.8) is 0 Å². The summed E-state index contributed by atoms with van der Waals surface area (Å²) in [6.07, 6.45) is 0.301. The maximum Gasteiger partial charge on any atom is 0.264 e. The van der Waals surface area contributed by atoms with E-state index in [1.165, 1.54) is 24.3 Å². The van der Waals surface area contributed by atoms with E-state index in [2.05, 4.69) is 9.43 Å². The maximum atomic E-state index is 11.5. The van der Waals surface area contributed by atoms with Crippen LogP contribution in [0.4, 0.5) is 5.69 Å². The molecular formula is C10H8N4O4S. The molecule has 1 aromatic rings. The number of imide groups is 1. The van der Waals surface area contributed by atoms with E-state index < -0.39 is 10.0 Å². The first-order valence-corrected chi connectivity index (χ1v) is 6.67. The molecule has 9 heteroatoms. The summed E-state index contributed by atoms with van der Waals surface area (Å²) in [5, 5.41) is 0. The average Bonchev–Trinajstić information content (AvgIpc) is 2.69. The quantitative estimate of drug-likeness (QED) is 0.359. The summed E-state index contributed by atoms with van der Waals surface area (Å²) < 4.78 is 25.5. The summed E-state index contributed by atoms with van der Waals surface area (Å²) in [7, 11) is -4.06. The van der Waals surface area contributed by atoms with Gasteiger partial charge in [0.2, 0.25) is 11.8 Å². The minimum absolute atomic E-state index is 0.150. The molecule has 0 spiro atoms. The molecule has 2 rings (SSSR count). The molecule has 1 fully saturated rings. The molecule has 0 radical (unpaired) electrons. The largest absolute Gasteiger partial charge is 0.274 e. The van der Waals surface area contributed by atoms with Crippen LogP contribution in [-0.2, 0) is 19.6 Å². The lowest BCUT2D eigenvalue weighted by Crippen LogP contribution is -2.28. The highest BCUT2D eigenvalue weighted by Crippen LogP contribution is 2.24. The molecular weight excluding hydrogens is 272 g/mol. The highest BCUT2D eigenvalue weighted by Gasteiger charge is 2.30. The Balaban J connectivity index is 2.37. The van der Waals surface area contributed by atoms with Gasteiger partial charge in [0.15, 0.2) is 0 Å². The fourth-order valence-corrected chi connectivity index (χ4v) is 2.40. The Labute approximate surface area is 108 Å². The zero-order valence-electron chi connectivity index (χ0n) is 9.55. The molecule has 1 heterocycles. The van der Waals surface area contributed by atoms with Crippen LogP contribution in [0.2, 0.25) is 0 Å².